The Morgan fingerprint density at radius 1 is 1.50 bits per heavy atom. The van der Waals surface area contributed by atoms with Crippen molar-refractivity contribution in [2.75, 3.05) is 0 Å². The van der Waals surface area contributed by atoms with Gasteiger partial charge in [-0.05, 0) is 42.7 Å². The van der Waals surface area contributed by atoms with Gasteiger partial charge in [-0.2, -0.15) is 0 Å². The molecule has 90 valence electrons. The molecule has 0 aromatic rings. The van der Waals surface area contributed by atoms with Gasteiger partial charge in [0.1, 0.15) is 0 Å². The molecule has 0 N–H and O–H groups in total. The number of allylic oxidation sites excluding steroid dienone is 4. The standard InChI is InChI=1S/C15H24O/c1-6-13(16)9-10-14-11(2)7-8-12(3)15(14,4)5/h9-10,12H,6-8H2,1-5H3. The van der Waals surface area contributed by atoms with Gasteiger partial charge < -0.3 is 0 Å². The summed E-state index contributed by atoms with van der Waals surface area (Å²) in [6, 6.07) is 0. The summed E-state index contributed by atoms with van der Waals surface area (Å²) >= 11 is 0. The van der Waals surface area contributed by atoms with Crippen LogP contribution in [-0.4, -0.2) is 5.78 Å². The van der Waals surface area contributed by atoms with Gasteiger partial charge in [0, 0.05) is 6.42 Å². The van der Waals surface area contributed by atoms with E-state index in [4.69, 9.17) is 0 Å². The van der Waals surface area contributed by atoms with Gasteiger partial charge in [-0.1, -0.05) is 39.3 Å². The van der Waals surface area contributed by atoms with E-state index in [2.05, 4.69) is 33.8 Å². The summed E-state index contributed by atoms with van der Waals surface area (Å²) in [5.41, 5.74) is 3.02. The van der Waals surface area contributed by atoms with Gasteiger partial charge in [-0.15, -0.1) is 0 Å². The molecular weight excluding hydrogens is 196 g/mol. The first-order chi connectivity index (χ1) is 7.39. The van der Waals surface area contributed by atoms with E-state index in [9.17, 15) is 4.79 Å². The molecule has 0 aliphatic heterocycles. The molecule has 0 saturated heterocycles. The molecule has 0 heterocycles. The molecule has 1 atom stereocenters. The highest BCUT2D eigenvalue weighted by atomic mass is 16.1. The zero-order chi connectivity index (χ0) is 12.3. The Hall–Kier alpha value is -0.850. The van der Waals surface area contributed by atoms with Crippen molar-refractivity contribution in [1.29, 1.82) is 0 Å². The Morgan fingerprint density at radius 3 is 2.69 bits per heavy atom. The third kappa shape index (κ3) is 2.63. The van der Waals surface area contributed by atoms with Crippen molar-refractivity contribution in [3.05, 3.63) is 23.3 Å². The maximum absolute atomic E-state index is 11.3. The van der Waals surface area contributed by atoms with E-state index in [1.807, 2.05) is 6.92 Å². The molecule has 0 saturated carbocycles. The average Bonchev–Trinajstić information content (AvgIpc) is 2.23. The number of ketones is 1. The number of carbonyl (C=O) groups excluding carboxylic acids is 1. The minimum absolute atomic E-state index is 0.201. The van der Waals surface area contributed by atoms with Crippen LogP contribution in [0.2, 0.25) is 0 Å². The predicted octanol–water partition coefficient (Wildman–Crippen LogP) is 4.29. The summed E-state index contributed by atoms with van der Waals surface area (Å²) in [4.78, 5) is 11.3. The lowest BCUT2D eigenvalue weighted by atomic mass is 9.66. The summed E-state index contributed by atoms with van der Waals surface area (Å²) in [5.74, 6) is 0.905. The molecule has 0 fully saturated rings. The molecule has 16 heavy (non-hydrogen) atoms. The Balaban J connectivity index is 2.99. The largest absolute Gasteiger partial charge is 0.295 e. The molecule has 0 radical (unpaired) electrons. The molecule has 1 unspecified atom stereocenters. The zero-order valence-electron chi connectivity index (χ0n) is 11.3. The maximum atomic E-state index is 11.3. The fraction of sp³-hybridized carbons (Fsp3) is 0.667. The van der Waals surface area contributed by atoms with E-state index < -0.39 is 0 Å². The van der Waals surface area contributed by atoms with Gasteiger partial charge >= 0.3 is 0 Å². The van der Waals surface area contributed by atoms with Gasteiger partial charge in [0.2, 0.25) is 0 Å². The van der Waals surface area contributed by atoms with Crippen molar-refractivity contribution in [3.63, 3.8) is 0 Å². The fourth-order valence-electron chi connectivity index (χ4n) is 2.40. The molecule has 1 rings (SSSR count). The monoisotopic (exact) mass is 220 g/mol. The van der Waals surface area contributed by atoms with Crippen LogP contribution < -0.4 is 0 Å². The fourth-order valence-corrected chi connectivity index (χ4v) is 2.40. The summed E-state index contributed by atoms with van der Waals surface area (Å²) in [6.07, 6.45) is 6.83. The Morgan fingerprint density at radius 2 is 2.12 bits per heavy atom. The summed E-state index contributed by atoms with van der Waals surface area (Å²) in [5, 5.41) is 0. The number of hydrogen-bond acceptors (Lipinski definition) is 1. The molecule has 1 nitrogen and oxygen atoms in total. The lowest BCUT2D eigenvalue weighted by Crippen LogP contribution is -2.28. The minimum atomic E-state index is 0.201. The molecule has 0 amide bonds. The van der Waals surface area contributed by atoms with Crippen LogP contribution in [0.3, 0.4) is 0 Å². The number of carbonyl (C=O) groups is 1. The second kappa shape index (κ2) is 4.99. The Kier molecular flexibility index (Phi) is 4.12. The van der Waals surface area contributed by atoms with Crippen LogP contribution in [0, 0.1) is 11.3 Å². The summed E-state index contributed by atoms with van der Waals surface area (Å²) < 4.78 is 0. The van der Waals surface area contributed by atoms with Gasteiger partial charge in [0.05, 0.1) is 0 Å². The van der Waals surface area contributed by atoms with Crippen LogP contribution in [0.15, 0.2) is 23.3 Å². The Bertz CT molecular complexity index is 331. The van der Waals surface area contributed by atoms with E-state index in [0.717, 1.165) is 0 Å². The zero-order valence-corrected chi connectivity index (χ0v) is 11.3. The van der Waals surface area contributed by atoms with Gasteiger partial charge in [0.25, 0.3) is 0 Å². The smallest absolute Gasteiger partial charge is 0.155 e. The predicted molar refractivity (Wildman–Crippen MR) is 69.3 cm³/mol. The van der Waals surface area contributed by atoms with Crippen LogP contribution >= 0.6 is 0 Å². The highest BCUT2D eigenvalue weighted by molar-refractivity contribution is 5.89. The first-order valence-corrected chi connectivity index (χ1v) is 6.30. The molecule has 1 aliphatic rings. The van der Waals surface area contributed by atoms with Crippen LogP contribution in [0.4, 0.5) is 0 Å². The third-order valence-corrected chi connectivity index (χ3v) is 4.12. The SMILES string of the molecule is CCC(=O)C=CC1=C(C)CCC(C)C1(C)C. The van der Waals surface area contributed by atoms with E-state index in [1.165, 1.54) is 24.0 Å². The van der Waals surface area contributed by atoms with Gasteiger partial charge in [-0.25, -0.2) is 0 Å². The first kappa shape index (κ1) is 13.2. The van der Waals surface area contributed by atoms with Crippen molar-refractivity contribution in [2.45, 2.75) is 53.9 Å². The van der Waals surface area contributed by atoms with Crippen LogP contribution in [0.1, 0.15) is 53.9 Å². The first-order valence-electron chi connectivity index (χ1n) is 6.30. The van der Waals surface area contributed by atoms with Crippen molar-refractivity contribution in [3.8, 4) is 0 Å². The highest BCUT2D eigenvalue weighted by Crippen LogP contribution is 2.44. The van der Waals surface area contributed by atoms with Crippen LogP contribution in [0.5, 0.6) is 0 Å². The lowest BCUT2D eigenvalue weighted by Gasteiger charge is -2.39. The lowest BCUT2D eigenvalue weighted by molar-refractivity contribution is -0.114. The summed E-state index contributed by atoms with van der Waals surface area (Å²) in [7, 11) is 0. The third-order valence-electron chi connectivity index (χ3n) is 4.12. The van der Waals surface area contributed by atoms with Crippen LogP contribution in [0.25, 0.3) is 0 Å². The molecule has 0 bridgehead atoms. The molecule has 0 aromatic carbocycles. The van der Waals surface area contributed by atoms with Gasteiger partial charge in [-0.3, -0.25) is 4.79 Å². The number of hydrogen-bond donors (Lipinski definition) is 0. The Labute approximate surface area is 99.6 Å². The minimum Gasteiger partial charge on any atom is -0.295 e. The van der Waals surface area contributed by atoms with Crippen molar-refractivity contribution in [1.82, 2.24) is 0 Å². The van der Waals surface area contributed by atoms with E-state index >= 15 is 0 Å². The second-order valence-electron chi connectivity index (χ2n) is 5.51. The van der Waals surface area contributed by atoms with Gasteiger partial charge in [0.15, 0.2) is 5.78 Å². The van der Waals surface area contributed by atoms with E-state index in [0.29, 0.717) is 12.3 Å². The molecule has 0 spiro atoms. The summed E-state index contributed by atoms with van der Waals surface area (Å²) in [6.45, 7) is 11.0. The molecule has 1 aliphatic carbocycles. The van der Waals surface area contributed by atoms with Crippen molar-refractivity contribution in [2.24, 2.45) is 11.3 Å². The van der Waals surface area contributed by atoms with Crippen molar-refractivity contribution >= 4 is 5.78 Å². The van der Waals surface area contributed by atoms with Crippen LogP contribution in [-0.2, 0) is 4.79 Å². The highest BCUT2D eigenvalue weighted by Gasteiger charge is 2.33. The number of rotatable bonds is 3. The topological polar surface area (TPSA) is 17.1 Å². The molecule has 1 heteroatoms. The quantitative estimate of drug-likeness (QED) is 0.648. The van der Waals surface area contributed by atoms with E-state index in [-0.39, 0.29) is 11.2 Å². The van der Waals surface area contributed by atoms with Crippen molar-refractivity contribution < 1.29 is 4.79 Å². The second-order valence-corrected chi connectivity index (χ2v) is 5.51. The maximum Gasteiger partial charge on any atom is 0.155 e. The normalized spacial score (nSPS) is 25.2. The molecule has 0 aromatic heterocycles. The molecular formula is C15H24O. The van der Waals surface area contributed by atoms with E-state index in [1.54, 1.807) is 6.08 Å². The average molecular weight is 220 g/mol.